The lowest BCUT2D eigenvalue weighted by molar-refractivity contribution is 0.101. The van der Waals surface area contributed by atoms with Gasteiger partial charge in [0.05, 0.1) is 6.61 Å². The summed E-state index contributed by atoms with van der Waals surface area (Å²) in [6.07, 6.45) is 0.810. The zero-order chi connectivity index (χ0) is 13.8. The maximum atomic E-state index is 11.9. The molecule has 1 fully saturated rings. The van der Waals surface area contributed by atoms with Crippen LogP contribution in [0.3, 0.4) is 0 Å². The number of amides is 1. The van der Waals surface area contributed by atoms with Gasteiger partial charge in [-0.3, -0.25) is 9.69 Å². The van der Waals surface area contributed by atoms with Gasteiger partial charge in [-0.1, -0.05) is 0 Å². The van der Waals surface area contributed by atoms with Crippen molar-refractivity contribution in [3.8, 4) is 0 Å². The maximum Gasteiger partial charge on any atom is 0.414 e. The number of nitrogens with zero attached hydrogens (tertiary/aromatic N) is 1. The average molecular weight is 263 g/mol. The summed E-state index contributed by atoms with van der Waals surface area (Å²) in [6.45, 7) is 1.91. The number of ketones is 1. The van der Waals surface area contributed by atoms with Crippen molar-refractivity contribution in [2.45, 2.75) is 25.8 Å². The molecule has 0 aromatic heterocycles. The van der Waals surface area contributed by atoms with E-state index in [0.29, 0.717) is 30.7 Å². The molecule has 1 N–H and O–H groups in total. The highest BCUT2D eigenvalue weighted by molar-refractivity contribution is 5.95. The Hall–Kier alpha value is -1.88. The van der Waals surface area contributed by atoms with Gasteiger partial charge in [0.2, 0.25) is 0 Å². The maximum absolute atomic E-state index is 11.9. The fourth-order valence-corrected chi connectivity index (χ4v) is 2.23. The zero-order valence-electron chi connectivity index (χ0n) is 10.8. The van der Waals surface area contributed by atoms with Gasteiger partial charge in [0.1, 0.15) is 0 Å². The van der Waals surface area contributed by atoms with Crippen molar-refractivity contribution in [1.29, 1.82) is 0 Å². The monoisotopic (exact) mass is 263 g/mol. The van der Waals surface area contributed by atoms with Crippen molar-refractivity contribution in [2.24, 2.45) is 0 Å². The summed E-state index contributed by atoms with van der Waals surface area (Å²) in [4.78, 5) is 24.6. The first kappa shape index (κ1) is 13.5. The highest BCUT2D eigenvalue weighted by Crippen LogP contribution is 2.25. The second kappa shape index (κ2) is 5.84. The van der Waals surface area contributed by atoms with Gasteiger partial charge < -0.3 is 9.84 Å². The number of aliphatic hydroxyl groups is 1. The number of hydrogen-bond acceptors (Lipinski definition) is 4. The summed E-state index contributed by atoms with van der Waals surface area (Å²) in [6, 6.07) is 6.78. The summed E-state index contributed by atoms with van der Waals surface area (Å²) < 4.78 is 5.04. The second-order valence-electron chi connectivity index (χ2n) is 4.54. The number of cyclic esters (lactones) is 1. The van der Waals surface area contributed by atoms with E-state index < -0.39 is 6.09 Å². The molecule has 5 heteroatoms. The summed E-state index contributed by atoms with van der Waals surface area (Å²) in [5, 5.41) is 9.06. The van der Waals surface area contributed by atoms with Crippen LogP contribution in [0.4, 0.5) is 10.5 Å². The lowest BCUT2D eigenvalue weighted by Gasteiger charge is -2.34. The van der Waals surface area contributed by atoms with Crippen LogP contribution in [-0.2, 0) is 4.74 Å². The van der Waals surface area contributed by atoms with E-state index in [0.717, 1.165) is 0 Å². The molecule has 0 aliphatic carbocycles. The quantitative estimate of drug-likeness (QED) is 0.843. The molecule has 1 aromatic carbocycles. The Morgan fingerprint density at radius 2 is 2.11 bits per heavy atom. The van der Waals surface area contributed by atoms with E-state index in [9.17, 15) is 9.59 Å². The molecule has 1 atom stereocenters. The van der Waals surface area contributed by atoms with Gasteiger partial charge in [-0.15, -0.1) is 0 Å². The fourth-order valence-electron chi connectivity index (χ4n) is 2.23. The highest BCUT2D eigenvalue weighted by Gasteiger charge is 2.30. The minimum atomic E-state index is -0.403. The number of anilines is 1. The number of Topliss-reactive ketones (excluding diaryl/α,β-unsaturated/α-hetero) is 1. The molecule has 2 rings (SSSR count). The van der Waals surface area contributed by atoms with E-state index in [1.165, 1.54) is 6.92 Å². The zero-order valence-corrected chi connectivity index (χ0v) is 10.8. The normalized spacial score (nSPS) is 19.2. The Balaban J connectivity index is 2.25. The average Bonchev–Trinajstić information content (AvgIpc) is 2.39. The van der Waals surface area contributed by atoms with Gasteiger partial charge >= 0.3 is 6.09 Å². The molecule has 1 aromatic rings. The third kappa shape index (κ3) is 2.93. The van der Waals surface area contributed by atoms with Crippen LogP contribution < -0.4 is 4.90 Å². The first-order chi connectivity index (χ1) is 9.13. The minimum absolute atomic E-state index is 0.0142. The third-order valence-corrected chi connectivity index (χ3v) is 3.25. The number of aliphatic hydroxyl groups excluding tert-OH is 1. The molecule has 0 bridgehead atoms. The first-order valence-electron chi connectivity index (χ1n) is 6.31. The summed E-state index contributed by atoms with van der Waals surface area (Å²) in [7, 11) is 0. The van der Waals surface area contributed by atoms with E-state index in [2.05, 4.69) is 0 Å². The SMILES string of the molecule is CC(=O)c1ccc(N2C(=O)OCCC2CCO)cc1. The molecular weight excluding hydrogens is 246 g/mol. The number of ether oxygens (including phenoxy) is 1. The van der Waals surface area contributed by atoms with E-state index in [-0.39, 0.29) is 18.4 Å². The Bertz CT molecular complexity index is 467. The van der Waals surface area contributed by atoms with Crippen LogP contribution in [0.2, 0.25) is 0 Å². The van der Waals surface area contributed by atoms with Gasteiger partial charge in [0, 0.05) is 30.3 Å². The van der Waals surface area contributed by atoms with E-state index in [1.54, 1.807) is 29.2 Å². The van der Waals surface area contributed by atoms with Gasteiger partial charge in [-0.25, -0.2) is 4.79 Å². The highest BCUT2D eigenvalue weighted by atomic mass is 16.6. The molecule has 1 unspecified atom stereocenters. The number of benzene rings is 1. The van der Waals surface area contributed by atoms with Crippen LogP contribution in [0.1, 0.15) is 30.1 Å². The topological polar surface area (TPSA) is 66.8 Å². The minimum Gasteiger partial charge on any atom is -0.449 e. The Morgan fingerprint density at radius 1 is 1.42 bits per heavy atom. The van der Waals surface area contributed by atoms with E-state index >= 15 is 0 Å². The van der Waals surface area contributed by atoms with Gasteiger partial charge in [0.25, 0.3) is 0 Å². The molecule has 1 aliphatic rings. The van der Waals surface area contributed by atoms with Crippen molar-refractivity contribution in [1.82, 2.24) is 0 Å². The molecule has 1 amide bonds. The van der Waals surface area contributed by atoms with Gasteiger partial charge in [0.15, 0.2) is 5.78 Å². The van der Waals surface area contributed by atoms with E-state index in [1.807, 2.05) is 0 Å². The molecule has 0 saturated carbocycles. The number of rotatable bonds is 4. The third-order valence-electron chi connectivity index (χ3n) is 3.25. The molecule has 1 saturated heterocycles. The summed E-state index contributed by atoms with van der Waals surface area (Å²) in [5.41, 5.74) is 1.29. The molecule has 0 spiro atoms. The first-order valence-corrected chi connectivity index (χ1v) is 6.31. The predicted octanol–water partition coefficient (Wildman–Crippen LogP) is 1.99. The van der Waals surface area contributed by atoms with E-state index in [4.69, 9.17) is 9.84 Å². The second-order valence-corrected chi connectivity index (χ2v) is 4.54. The van der Waals surface area contributed by atoms with Crippen molar-refractivity contribution in [2.75, 3.05) is 18.1 Å². The number of hydrogen-bond donors (Lipinski definition) is 1. The largest absolute Gasteiger partial charge is 0.449 e. The number of carbonyl (C=O) groups excluding carboxylic acids is 2. The lowest BCUT2D eigenvalue weighted by Crippen LogP contribution is -2.46. The Labute approximate surface area is 111 Å². The van der Waals surface area contributed by atoms with Gasteiger partial charge in [-0.2, -0.15) is 0 Å². The summed E-state index contributed by atoms with van der Waals surface area (Å²) in [5.74, 6) is -0.0142. The predicted molar refractivity (Wildman–Crippen MR) is 70.4 cm³/mol. The number of carbonyl (C=O) groups is 2. The van der Waals surface area contributed by atoms with Crippen LogP contribution >= 0.6 is 0 Å². The van der Waals surface area contributed by atoms with Crippen LogP contribution in [0.15, 0.2) is 24.3 Å². The molecule has 1 heterocycles. The Morgan fingerprint density at radius 3 is 2.68 bits per heavy atom. The smallest absolute Gasteiger partial charge is 0.414 e. The molecule has 5 nitrogen and oxygen atoms in total. The fraction of sp³-hybridized carbons (Fsp3) is 0.429. The molecule has 19 heavy (non-hydrogen) atoms. The van der Waals surface area contributed by atoms with Crippen LogP contribution in [0.5, 0.6) is 0 Å². The van der Waals surface area contributed by atoms with Crippen LogP contribution in [0, 0.1) is 0 Å². The van der Waals surface area contributed by atoms with Crippen molar-refractivity contribution < 1.29 is 19.4 Å². The molecule has 102 valence electrons. The van der Waals surface area contributed by atoms with Crippen molar-refractivity contribution in [3.05, 3.63) is 29.8 Å². The Kier molecular flexibility index (Phi) is 4.16. The van der Waals surface area contributed by atoms with Crippen LogP contribution in [-0.4, -0.2) is 36.2 Å². The van der Waals surface area contributed by atoms with Crippen molar-refractivity contribution >= 4 is 17.6 Å². The van der Waals surface area contributed by atoms with Crippen molar-refractivity contribution in [3.63, 3.8) is 0 Å². The molecule has 0 radical (unpaired) electrons. The van der Waals surface area contributed by atoms with Gasteiger partial charge in [-0.05, 0) is 37.6 Å². The molecular formula is C14H17NO4. The molecule has 1 aliphatic heterocycles. The lowest BCUT2D eigenvalue weighted by atomic mass is 10.1. The van der Waals surface area contributed by atoms with Crippen LogP contribution in [0.25, 0.3) is 0 Å². The standard InChI is InChI=1S/C14H17NO4/c1-10(17)11-2-4-12(5-3-11)15-13(6-8-16)7-9-19-14(15)18/h2-5,13,16H,6-9H2,1H3. The summed E-state index contributed by atoms with van der Waals surface area (Å²) >= 11 is 0.